The summed E-state index contributed by atoms with van der Waals surface area (Å²) in [7, 11) is 0. The van der Waals surface area contributed by atoms with E-state index >= 15 is 0 Å². The van der Waals surface area contributed by atoms with Gasteiger partial charge in [0.1, 0.15) is 5.75 Å². The van der Waals surface area contributed by atoms with Gasteiger partial charge in [-0.3, -0.25) is 4.79 Å². The Morgan fingerprint density at radius 2 is 1.86 bits per heavy atom. The van der Waals surface area contributed by atoms with Gasteiger partial charge in [-0.25, -0.2) is 0 Å². The molecule has 3 heteroatoms. The number of phenolic OH excluding ortho intramolecular Hbond substituents is 1. The second kappa shape index (κ2) is 6.17. The summed E-state index contributed by atoms with van der Waals surface area (Å²) in [5, 5.41) is 12.0. The Hall–Kier alpha value is -2.03. The van der Waals surface area contributed by atoms with Crippen LogP contribution in [-0.4, -0.2) is 29.0 Å². The number of hydrogen-bond acceptors (Lipinski definition) is 2. The van der Waals surface area contributed by atoms with Gasteiger partial charge in [0.15, 0.2) is 0 Å². The normalized spacial score (nSPS) is 11.1. The summed E-state index contributed by atoms with van der Waals surface area (Å²) in [6, 6.07) is 9.42. The maximum Gasteiger partial charge on any atom is 0.254 e. The van der Waals surface area contributed by atoms with E-state index in [0.29, 0.717) is 18.7 Å². The molecule has 0 radical (unpaired) electrons. The third-order valence-corrected chi connectivity index (χ3v) is 3.93. The largest absolute Gasteiger partial charge is 0.508 e. The van der Waals surface area contributed by atoms with Crippen LogP contribution in [0.2, 0.25) is 0 Å². The van der Waals surface area contributed by atoms with Gasteiger partial charge in [0.2, 0.25) is 0 Å². The highest BCUT2D eigenvalue weighted by atomic mass is 16.3. The van der Waals surface area contributed by atoms with Crippen molar-refractivity contribution in [3.05, 3.63) is 41.5 Å². The van der Waals surface area contributed by atoms with Gasteiger partial charge in [-0.2, -0.15) is 0 Å². The van der Waals surface area contributed by atoms with Gasteiger partial charge in [0.25, 0.3) is 5.91 Å². The molecule has 0 aliphatic carbocycles. The Morgan fingerprint density at radius 3 is 2.43 bits per heavy atom. The molecule has 2 aromatic rings. The lowest BCUT2D eigenvalue weighted by Gasteiger charge is -2.20. The van der Waals surface area contributed by atoms with E-state index in [9.17, 15) is 9.90 Å². The monoisotopic (exact) mass is 285 g/mol. The molecule has 112 valence electrons. The minimum Gasteiger partial charge on any atom is -0.508 e. The molecule has 0 heterocycles. The first-order valence-electron chi connectivity index (χ1n) is 7.54. The quantitative estimate of drug-likeness (QED) is 0.916. The van der Waals surface area contributed by atoms with Gasteiger partial charge >= 0.3 is 0 Å². The number of fused-ring (bicyclic) bond motifs is 1. The van der Waals surface area contributed by atoms with Crippen LogP contribution in [0, 0.1) is 0 Å². The van der Waals surface area contributed by atoms with E-state index in [-0.39, 0.29) is 17.6 Å². The molecule has 0 saturated carbocycles. The highest BCUT2D eigenvalue weighted by Gasteiger charge is 2.17. The van der Waals surface area contributed by atoms with Crippen molar-refractivity contribution in [1.29, 1.82) is 0 Å². The van der Waals surface area contributed by atoms with Gasteiger partial charge < -0.3 is 10.0 Å². The summed E-state index contributed by atoms with van der Waals surface area (Å²) in [6.07, 6.45) is 0. The van der Waals surface area contributed by atoms with Crippen LogP contribution in [0.4, 0.5) is 0 Å². The van der Waals surface area contributed by atoms with Crippen LogP contribution in [0.3, 0.4) is 0 Å². The number of hydrogen-bond donors (Lipinski definition) is 1. The predicted molar refractivity (Wildman–Crippen MR) is 87.0 cm³/mol. The number of carbonyl (C=O) groups excluding carboxylic acids is 1. The number of aromatic hydroxyl groups is 1. The Morgan fingerprint density at radius 1 is 1.19 bits per heavy atom. The van der Waals surface area contributed by atoms with E-state index in [2.05, 4.69) is 0 Å². The Labute approximate surface area is 126 Å². The minimum absolute atomic E-state index is 0.0160. The number of rotatable bonds is 4. The van der Waals surface area contributed by atoms with Crippen molar-refractivity contribution in [2.45, 2.75) is 33.6 Å². The predicted octanol–water partition coefficient (Wildman–Crippen LogP) is 4.15. The summed E-state index contributed by atoms with van der Waals surface area (Å²) in [5.41, 5.74) is 1.57. The van der Waals surface area contributed by atoms with Crippen LogP contribution in [-0.2, 0) is 0 Å². The van der Waals surface area contributed by atoms with Crippen molar-refractivity contribution in [2.75, 3.05) is 13.1 Å². The topological polar surface area (TPSA) is 40.5 Å². The Bertz CT molecular complexity index is 658. The molecule has 0 spiro atoms. The highest BCUT2D eigenvalue weighted by molar-refractivity contribution is 6.07. The molecular formula is C18H23NO2. The first-order valence-corrected chi connectivity index (χ1v) is 7.54. The van der Waals surface area contributed by atoms with Gasteiger partial charge in [-0.05, 0) is 54.3 Å². The summed E-state index contributed by atoms with van der Waals surface area (Å²) in [6.45, 7) is 9.41. The van der Waals surface area contributed by atoms with Gasteiger partial charge in [-0.1, -0.05) is 26.0 Å². The number of amides is 1. The van der Waals surface area contributed by atoms with Crippen molar-refractivity contribution < 1.29 is 9.90 Å². The van der Waals surface area contributed by atoms with Crippen molar-refractivity contribution in [3.63, 3.8) is 0 Å². The molecule has 1 N–H and O–H groups in total. The molecule has 21 heavy (non-hydrogen) atoms. The molecule has 3 nitrogen and oxygen atoms in total. The third kappa shape index (κ3) is 2.87. The molecule has 1 amide bonds. The fraction of sp³-hybridized carbons (Fsp3) is 0.389. The number of phenols is 1. The first-order chi connectivity index (χ1) is 9.99. The number of carbonyl (C=O) groups is 1. The average Bonchev–Trinajstić information content (AvgIpc) is 2.46. The molecule has 0 aliphatic heterocycles. The van der Waals surface area contributed by atoms with Crippen molar-refractivity contribution in [2.24, 2.45) is 0 Å². The lowest BCUT2D eigenvalue weighted by molar-refractivity contribution is 0.0775. The van der Waals surface area contributed by atoms with Crippen molar-refractivity contribution in [1.82, 2.24) is 4.90 Å². The number of nitrogens with zero attached hydrogens (tertiary/aromatic N) is 1. The molecule has 0 atom stereocenters. The van der Waals surface area contributed by atoms with E-state index in [4.69, 9.17) is 0 Å². The maximum absolute atomic E-state index is 12.6. The van der Waals surface area contributed by atoms with E-state index in [1.54, 1.807) is 11.0 Å². The zero-order valence-electron chi connectivity index (χ0n) is 13.2. The van der Waals surface area contributed by atoms with E-state index in [0.717, 1.165) is 16.3 Å². The number of benzene rings is 2. The lowest BCUT2D eigenvalue weighted by atomic mass is 9.95. The van der Waals surface area contributed by atoms with E-state index in [1.807, 2.05) is 52.0 Å². The van der Waals surface area contributed by atoms with E-state index < -0.39 is 0 Å². The Kier molecular flexibility index (Phi) is 4.51. The van der Waals surface area contributed by atoms with Crippen LogP contribution < -0.4 is 0 Å². The van der Waals surface area contributed by atoms with Gasteiger partial charge in [-0.15, -0.1) is 0 Å². The fourth-order valence-electron chi connectivity index (χ4n) is 2.66. The zero-order chi connectivity index (χ0) is 15.6. The third-order valence-electron chi connectivity index (χ3n) is 3.93. The van der Waals surface area contributed by atoms with Gasteiger partial charge in [0, 0.05) is 18.7 Å². The van der Waals surface area contributed by atoms with Crippen molar-refractivity contribution in [3.8, 4) is 5.75 Å². The summed E-state index contributed by atoms with van der Waals surface area (Å²) >= 11 is 0. The molecule has 2 rings (SSSR count). The first kappa shape index (κ1) is 15.4. The molecule has 0 saturated heterocycles. The van der Waals surface area contributed by atoms with Crippen LogP contribution >= 0.6 is 0 Å². The maximum atomic E-state index is 12.6. The Balaban J connectivity index is 2.61. The molecule has 0 aliphatic rings. The molecule has 0 bridgehead atoms. The van der Waals surface area contributed by atoms with Crippen LogP contribution in [0.15, 0.2) is 30.3 Å². The molecule has 0 aromatic heterocycles. The standard InChI is InChI=1S/C18H23NO2/c1-5-19(6-2)18(21)14-9-7-8-13-10-15(12(3)4)17(20)11-16(13)14/h7-12,20H,5-6H2,1-4H3. The van der Waals surface area contributed by atoms with Gasteiger partial charge in [0.05, 0.1) is 0 Å². The zero-order valence-corrected chi connectivity index (χ0v) is 13.2. The van der Waals surface area contributed by atoms with Crippen molar-refractivity contribution >= 4 is 16.7 Å². The molecule has 2 aromatic carbocycles. The summed E-state index contributed by atoms with van der Waals surface area (Å²) < 4.78 is 0. The minimum atomic E-state index is 0.0160. The average molecular weight is 285 g/mol. The second-order valence-electron chi connectivity index (χ2n) is 5.57. The lowest BCUT2D eigenvalue weighted by Crippen LogP contribution is -2.30. The highest BCUT2D eigenvalue weighted by Crippen LogP contribution is 2.32. The summed E-state index contributed by atoms with van der Waals surface area (Å²) in [4.78, 5) is 14.4. The second-order valence-corrected chi connectivity index (χ2v) is 5.57. The molecule has 0 unspecified atom stereocenters. The molecular weight excluding hydrogens is 262 g/mol. The smallest absolute Gasteiger partial charge is 0.254 e. The molecule has 0 fully saturated rings. The van der Waals surface area contributed by atoms with E-state index in [1.165, 1.54) is 0 Å². The van der Waals surface area contributed by atoms with Crippen LogP contribution in [0.25, 0.3) is 10.8 Å². The summed E-state index contributed by atoms with van der Waals surface area (Å²) in [5.74, 6) is 0.524. The fourth-order valence-corrected chi connectivity index (χ4v) is 2.66. The van der Waals surface area contributed by atoms with Crippen LogP contribution in [0.1, 0.15) is 49.5 Å². The SMILES string of the molecule is CCN(CC)C(=O)c1cccc2cc(C(C)C)c(O)cc12. The van der Waals surface area contributed by atoms with Crippen LogP contribution in [0.5, 0.6) is 5.75 Å².